The van der Waals surface area contributed by atoms with Crippen LogP contribution in [0.5, 0.6) is 5.75 Å². The molecular weight excluding hydrogens is 526 g/mol. The molecule has 38 heavy (non-hydrogen) atoms. The number of fused-ring (bicyclic) bond motifs is 1. The van der Waals surface area contributed by atoms with Crippen molar-refractivity contribution in [1.29, 1.82) is 0 Å². The standard InChI is InChI=1S/C26H8BF9O2/c28-11-5-6-14(10-7-13(30)21(31)22(32)16(10)11)38-27(37)20-9-3-1-8-2-4-12(29)18-15(8)17(9)19(24(34)23(18)33)25(35)26(20)36/h1-7,37H. The maximum atomic E-state index is 15.3. The quantitative estimate of drug-likeness (QED) is 0.118. The van der Waals surface area contributed by atoms with E-state index in [1.54, 1.807) is 0 Å². The van der Waals surface area contributed by atoms with Gasteiger partial charge in [0.25, 0.3) is 0 Å². The molecule has 1 N–H and O–H groups in total. The van der Waals surface area contributed by atoms with Crippen LogP contribution in [0.3, 0.4) is 0 Å². The van der Waals surface area contributed by atoms with Gasteiger partial charge in [-0.25, -0.2) is 39.5 Å². The van der Waals surface area contributed by atoms with Gasteiger partial charge in [0.05, 0.1) is 16.2 Å². The highest BCUT2D eigenvalue weighted by atomic mass is 19.2. The van der Waals surface area contributed by atoms with Crippen molar-refractivity contribution in [3.8, 4) is 5.75 Å². The predicted octanol–water partition coefficient (Wildman–Crippen LogP) is 6.76. The van der Waals surface area contributed by atoms with Crippen molar-refractivity contribution >= 4 is 55.7 Å². The zero-order chi connectivity index (χ0) is 27.2. The fourth-order valence-corrected chi connectivity index (χ4v) is 4.84. The Kier molecular flexibility index (Phi) is 5.19. The smallest absolute Gasteiger partial charge is 0.532 e. The molecule has 0 fully saturated rings. The lowest BCUT2D eigenvalue weighted by Gasteiger charge is -2.19. The molecule has 190 valence electrons. The molecule has 12 heteroatoms. The Labute approximate surface area is 205 Å². The predicted molar refractivity (Wildman–Crippen MR) is 122 cm³/mol. The molecule has 6 rings (SSSR count). The van der Waals surface area contributed by atoms with Gasteiger partial charge in [-0.2, -0.15) is 0 Å². The van der Waals surface area contributed by atoms with Crippen molar-refractivity contribution < 1.29 is 49.2 Å². The van der Waals surface area contributed by atoms with Crippen molar-refractivity contribution in [1.82, 2.24) is 0 Å². The van der Waals surface area contributed by atoms with Gasteiger partial charge in [-0.15, -0.1) is 0 Å². The number of halogens is 9. The molecule has 0 aliphatic rings. The number of hydrogen-bond donors (Lipinski definition) is 1. The molecule has 2 nitrogen and oxygen atoms in total. The van der Waals surface area contributed by atoms with Crippen LogP contribution < -0.4 is 10.1 Å². The van der Waals surface area contributed by atoms with Crippen LogP contribution in [0.25, 0.3) is 43.1 Å². The lowest BCUT2D eigenvalue weighted by Crippen LogP contribution is -2.40. The summed E-state index contributed by atoms with van der Waals surface area (Å²) in [6.45, 7) is 0. The van der Waals surface area contributed by atoms with Crippen molar-refractivity contribution in [2.75, 3.05) is 0 Å². The van der Waals surface area contributed by atoms with E-state index >= 15 is 8.78 Å². The molecule has 0 radical (unpaired) electrons. The van der Waals surface area contributed by atoms with Crippen LogP contribution in [-0.4, -0.2) is 12.1 Å². The minimum Gasteiger partial charge on any atom is -0.532 e. The van der Waals surface area contributed by atoms with E-state index < -0.39 is 103 Å². The zero-order valence-corrected chi connectivity index (χ0v) is 18.4. The van der Waals surface area contributed by atoms with E-state index in [4.69, 9.17) is 4.65 Å². The van der Waals surface area contributed by atoms with Crippen LogP contribution in [0.1, 0.15) is 0 Å². The molecule has 0 heterocycles. The van der Waals surface area contributed by atoms with Crippen LogP contribution in [-0.2, 0) is 0 Å². The molecule has 0 aromatic heterocycles. The van der Waals surface area contributed by atoms with E-state index in [0.29, 0.717) is 12.1 Å². The summed E-state index contributed by atoms with van der Waals surface area (Å²) in [5.41, 5.74) is -0.950. The first-order valence-corrected chi connectivity index (χ1v) is 10.7. The lowest BCUT2D eigenvalue weighted by molar-refractivity contribution is 0.428. The van der Waals surface area contributed by atoms with E-state index in [1.165, 1.54) is 12.1 Å². The molecule has 0 spiro atoms. The van der Waals surface area contributed by atoms with E-state index in [2.05, 4.69) is 0 Å². The van der Waals surface area contributed by atoms with Gasteiger partial charge in [0.15, 0.2) is 40.7 Å². The van der Waals surface area contributed by atoms with E-state index in [0.717, 1.165) is 18.2 Å². The average molecular weight is 534 g/mol. The summed E-state index contributed by atoms with van der Waals surface area (Å²) in [7, 11) is -2.48. The highest BCUT2D eigenvalue weighted by Gasteiger charge is 2.34. The minimum absolute atomic E-state index is 0.141. The van der Waals surface area contributed by atoms with Crippen molar-refractivity contribution in [2.45, 2.75) is 0 Å². The number of hydrogen-bond acceptors (Lipinski definition) is 2. The summed E-state index contributed by atoms with van der Waals surface area (Å²) in [5, 5.41) is 6.07. The zero-order valence-electron chi connectivity index (χ0n) is 18.4. The van der Waals surface area contributed by atoms with E-state index in [9.17, 15) is 35.8 Å². The third-order valence-electron chi connectivity index (χ3n) is 6.49. The molecule has 6 aromatic carbocycles. The molecule has 0 amide bonds. The second-order valence-electron chi connectivity index (χ2n) is 8.48. The van der Waals surface area contributed by atoms with Crippen LogP contribution in [0, 0.1) is 52.4 Å². The first-order chi connectivity index (χ1) is 18.0. The minimum atomic E-state index is -2.48. The molecule has 0 bridgehead atoms. The average Bonchev–Trinajstić information content (AvgIpc) is 2.88. The molecule has 0 aliphatic heterocycles. The Morgan fingerprint density at radius 3 is 1.82 bits per heavy atom. The summed E-state index contributed by atoms with van der Waals surface area (Å²) in [4.78, 5) is 0. The SMILES string of the molecule is OB(Oc1ccc(F)c2c(F)c(F)c(F)cc12)c1c(F)c(F)c2c(F)c(F)c3c(F)ccc4ccc1c2c43. The summed E-state index contributed by atoms with van der Waals surface area (Å²) < 4.78 is 136. The summed E-state index contributed by atoms with van der Waals surface area (Å²) in [5.74, 6) is -16.1. The third-order valence-corrected chi connectivity index (χ3v) is 6.49. The van der Waals surface area contributed by atoms with Crippen LogP contribution in [0.4, 0.5) is 39.5 Å². The number of benzene rings is 6. The first kappa shape index (κ1) is 24.2. The molecule has 0 unspecified atom stereocenters. The summed E-state index contributed by atoms with van der Waals surface area (Å²) in [6.07, 6.45) is 0. The fourth-order valence-electron chi connectivity index (χ4n) is 4.84. The molecule has 0 saturated heterocycles. The van der Waals surface area contributed by atoms with Gasteiger partial charge in [-0.05, 0) is 35.0 Å². The fraction of sp³-hybridized carbons (Fsp3) is 0. The topological polar surface area (TPSA) is 29.5 Å². The van der Waals surface area contributed by atoms with Crippen molar-refractivity contribution in [3.63, 3.8) is 0 Å². The Hall–Kier alpha value is -4.19. The molecule has 0 saturated carbocycles. The number of rotatable bonds is 3. The second-order valence-corrected chi connectivity index (χ2v) is 8.48. The van der Waals surface area contributed by atoms with Crippen molar-refractivity contribution in [2.24, 2.45) is 0 Å². The molecule has 6 aromatic rings. The molecular formula is C26H8BF9O2. The van der Waals surface area contributed by atoms with Crippen LogP contribution in [0.15, 0.2) is 42.5 Å². The Bertz CT molecular complexity index is 1980. The maximum Gasteiger partial charge on any atom is 0.563 e. The second kappa shape index (κ2) is 8.16. The molecule has 0 aliphatic carbocycles. The van der Waals surface area contributed by atoms with Crippen molar-refractivity contribution in [3.05, 3.63) is 94.8 Å². The maximum absolute atomic E-state index is 15.3. The van der Waals surface area contributed by atoms with Crippen LogP contribution >= 0.6 is 0 Å². The van der Waals surface area contributed by atoms with Gasteiger partial charge in [-0.3, -0.25) is 0 Å². The molecule has 0 atom stereocenters. The summed E-state index contributed by atoms with van der Waals surface area (Å²) in [6, 6.07) is 6.23. The first-order valence-electron chi connectivity index (χ1n) is 10.7. The Morgan fingerprint density at radius 1 is 0.500 bits per heavy atom. The highest BCUT2D eigenvalue weighted by Crippen LogP contribution is 2.40. The van der Waals surface area contributed by atoms with Gasteiger partial charge in [0, 0.05) is 21.6 Å². The highest BCUT2D eigenvalue weighted by molar-refractivity contribution is 6.64. The Morgan fingerprint density at radius 2 is 1.08 bits per heavy atom. The largest absolute Gasteiger partial charge is 0.563 e. The van der Waals surface area contributed by atoms with Gasteiger partial charge in [0.2, 0.25) is 0 Å². The van der Waals surface area contributed by atoms with Gasteiger partial charge in [0.1, 0.15) is 17.4 Å². The van der Waals surface area contributed by atoms with Crippen LogP contribution in [0.2, 0.25) is 0 Å². The monoisotopic (exact) mass is 534 g/mol. The van der Waals surface area contributed by atoms with Gasteiger partial charge in [-0.1, -0.05) is 18.2 Å². The third kappa shape index (κ3) is 3.09. The lowest BCUT2D eigenvalue weighted by atomic mass is 9.74. The van der Waals surface area contributed by atoms with E-state index in [1.807, 2.05) is 0 Å². The Balaban J connectivity index is 1.64. The van der Waals surface area contributed by atoms with Gasteiger partial charge >= 0.3 is 7.12 Å². The van der Waals surface area contributed by atoms with Gasteiger partial charge < -0.3 is 9.68 Å². The normalized spacial score (nSPS) is 11.9. The van der Waals surface area contributed by atoms with E-state index in [-0.39, 0.29) is 10.8 Å². The summed E-state index contributed by atoms with van der Waals surface area (Å²) >= 11 is 0.